The van der Waals surface area contributed by atoms with Crippen molar-refractivity contribution in [2.24, 2.45) is 0 Å². The zero-order valence-corrected chi connectivity index (χ0v) is 15.1. The van der Waals surface area contributed by atoms with E-state index in [9.17, 15) is 19.1 Å². The number of hydrogen-bond donors (Lipinski definition) is 5. The Labute approximate surface area is 166 Å². The van der Waals surface area contributed by atoms with Crippen molar-refractivity contribution in [1.82, 2.24) is 10.8 Å². The molecule has 2 amide bonds. The summed E-state index contributed by atoms with van der Waals surface area (Å²) in [5.74, 6) is 9.23. The highest BCUT2D eigenvalue weighted by Crippen LogP contribution is 2.06. The van der Waals surface area contributed by atoms with Crippen molar-refractivity contribution in [1.29, 1.82) is 0 Å². The Balaban J connectivity index is 2.04. The zero-order chi connectivity index (χ0) is 21.2. The molecule has 0 unspecified atom stereocenters. The third kappa shape index (κ3) is 6.36. The number of rotatable bonds is 5. The Bertz CT molecular complexity index is 983. The quantitative estimate of drug-likeness (QED) is 0.220. The number of aliphatic hydroxyl groups is 1. The van der Waals surface area contributed by atoms with Crippen LogP contribution in [0.3, 0.4) is 0 Å². The SMILES string of the molecule is Nc1ccc(C#CC#Cc2ccc(C(=O)N[C@H](C(=O)NO)[C@H](O)CF)cc2)cc1. The largest absolute Gasteiger partial charge is 0.399 e. The van der Waals surface area contributed by atoms with Gasteiger partial charge in [-0.3, -0.25) is 14.8 Å². The molecule has 0 aliphatic rings. The van der Waals surface area contributed by atoms with Gasteiger partial charge in [0.1, 0.15) is 18.8 Å². The molecule has 29 heavy (non-hydrogen) atoms. The van der Waals surface area contributed by atoms with E-state index in [2.05, 4.69) is 29.0 Å². The van der Waals surface area contributed by atoms with Crippen molar-refractivity contribution >= 4 is 17.5 Å². The number of nitrogens with one attached hydrogen (secondary N) is 2. The maximum atomic E-state index is 12.6. The standard InChI is InChI=1S/C21H18FN3O4/c22-13-18(26)19(21(28)25-29)24-20(27)16-9-5-14(6-10-16)3-1-2-4-15-7-11-17(23)12-8-15/h5-12,18-19,26,29H,13,23H2,(H,24,27)(H,25,28)/t18-,19+/m1/s1. The summed E-state index contributed by atoms with van der Waals surface area (Å²) in [7, 11) is 0. The van der Waals surface area contributed by atoms with Crippen LogP contribution in [0, 0.1) is 23.7 Å². The van der Waals surface area contributed by atoms with Crippen LogP contribution < -0.4 is 16.5 Å². The fourth-order valence-electron chi connectivity index (χ4n) is 2.20. The van der Waals surface area contributed by atoms with Crippen LogP contribution in [0.1, 0.15) is 21.5 Å². The van der Waals surface area contributed by atoms with E-state index >= 15 is 0 Å². The summed E-state index contributed by atoms with van der Waals surface area (Å²) >= 11 is 0. The lowest BCUT2D eigenvalue weighted by atomic mass is 10.1. The lowest BCUT2D eigenvalue weighted by Gasteiger charge is -2.20. The first-order valence-electron chi connectivity index (χ1n) is 8.41. The summed E-state index contributed by atoms with van der Waals surface area (Å²) in [5.41, 5.74) is 9.05. The molecular weight excluding hydrogens is 377 g/mol. The molecular formula is C21H18FN3O4. The van der Waals surface area contributed by atoms with E-state index < -0.39 is 30.6 Å². The van der Waals surface area contributed by atoms with Crippen molar-refractivity contribution in [3.8, 4) is 23.7 Å². The first-order chi connectivity index (χ1) is 13.9. The van der Waals surface area contributed by atoms with Crippen molar-refractivity contribution in [2.75, 3.05) is 12.4 Å². The van der Waals surface area contributed by atoms with Gasteiger partial charge in [0.2, 0.25) is 0 Å². The van der Waals surface area contributed by atoms with Gasteiger partial charge in [-0.05, 0) is 60.4 Å². The molecule has 0 heterocycles. The number of aliphatic hydroxyl groups excluding tert-OH is 1. The fraction of sp³-hybridized carbons (Fsp3) is 0.143. The minimum Gasteiger partial charge on any atom is -0.399 e. The first kappa shape index (κ1) is 21.5. The normalized spacial score (nSPS) is 11.7. The van der Waals surface area contributed by atoms with Crippen LogP contribution in [0.5, 0.6) is 0 Å². The molecule has 0 saturated carbocycles. The van der Waals surface area contributed by atoms with Gasteiger partial charge in [0, 0.05) is 22.4 Å². The van der Waals surface area contributed by atoms with Gasteiger partial charge in [-0.1, -0.05) is 11.8 Å². The number of alkyl halides is 1. The van der Waals surface area contributed by atoms with Gasteiger partial charge < -0.3 is 16.2 Å². The van der Waals surface area contributed by atoms with E-state index in [1.165, 1.54) is 17.6 Å². The number of nitrogens with two attached hydrogens (primary N) is 1. The predicted molar refractivity (Wildman–Crippen MR) is 104 cm³/mol. The average Bonchev–Trinajstić information content (AvgIpc) is 2.75. The molecule has 0 aliphatic heterocycles. The van der Waals surface area contributed by atoms with E-state index in [1.807, 2.05) is 0 Å². The van der Waals surface area contributed by atoms with Crippen molar-refractivity contribution in [3.05, 3.63) is 65.2 Å². The minimum absolute atomic E-state index is 0.158. The molecule has 0 aliphatic carbocycles. The van der Waals surface area contributed by atoms with E-state index in [0.717, 1.165) is 5.56 Å². The third-order valence-electron chi connectivity index (χ3n) is 3.76. The highest BCUT2D eigenvalue weighted by atomic mass is 19.1. The van der Waals surface area contributed by atoms with E-state index in [0.29, 0.717) is 11.3 Å². The van der Waals surface area contributed by atoms with Gasteiger partial charge >= 0.3 is 0 Å². The molecule has 2 aromatic carbocycles. The van der Waals surface area contributed by atoms with Crippen LogP contribution in [0.2, 0.25) is 0 Å². The van der Waals surface area contributed by atoms with E-state index in [1.54, 1.807) is 36.4 Å². The molecule has 2 atom stereocenters. The zero-order valence-electron chi connectivity index (χ0n) is 15.1. The fourth-order valence-corrected chi connectivity index (χ4v) is 2.20. The minimum atomic E-state index is -1.80. The monoisotopic (exact) mass is 395 g/mol. The smallest absolute Gasteiger partial charge is 0.268 e. The highest BCUT2D eigenvalue weighted by Gasteiger charge is 2.28. The molecule has 2 rings (SSSR count). The van der Waals surface area contributed by atoms with Crippen LogP contribution in [0.15, 0.2) is 48.5 Å². The Kier molecular flexibility index (Phi) is 7.75. The Hall–Kier alpha value is -3.85. The predicted octanol–water partition coefficient (Wildman–Crippen LogP) is 0.606. The van der Waals surface area contributed by atoms with Gasteiger partial charge in [-0.25, -0.2) is 9.87 Å². The summed E-state index contributed by atoms with van der Waals surface area (Å²) in [5, 5.41) is 20.3. The molecule has 2 aromatic rings. The lowest BCUT2D eigenvalue weighted by Crippen LogP contribution is -2.53. The van der Waals surface area contributed by atoms with Crippen LogP contribution in [-0.4, -0.2) is 40.9 Å². The topological polar surface area (TPSA) is 125 Å². The second-order valence-corrected chi connectivity index (χ2v) is 5.85. The molecule has 0 spiro atoms. The average molecular weight is 395 g/mol. The summed E-state index contributed by atoms with van der Waals surface area (Å²) in [6.07, 6.45) is -1.80. The Morgan fingerprint density at radius 2 is 1.52 bits per heavy atom. The summed E-state index contributed by atoms with van der Waals surface area (Å²) < 4.78 is 12.6. The molecule has 6 N–H and O–H groups in total. The maximum Gasteiger partial charge on any atom is 0.268 e. The summed E-state index contributed by atoms with van der Waals surface area (Å²) in [4.78, 5) is 23.6. The van der Waals surface area contributed by atoms with Crippen LogP contribution in [0.25, 0.3) is 0 Å². The molecule has 0 bridgehead atoms. The van der Waals surface area contributed by atoms with Crippen molar-refractivity contribution in [3.63, 3.8) is 0 Å². The number of amides is 2. The molecule has 0 fully saturated rings. The van der Waals surface area contributed by atoms with Gasteiger partial charge in [0.05, 0.1) is 0 Å². The van der Waals surface area contributed by atoms with Crippen LogP contribution >= 0.6 is 0 Å². The number of halogens is 1. The summed E-state index contributed by atoms with van der Waals surface area (Å²) in [6.45, 7) is -1.27. The van der Waals surface area contributed by atoms with Gasteiger partial charge in [0.15, 0.2) is 0 Å². The van der Waals surface area contributed by atoms with Crippen molar-refractivity contribution < 1.29 is 24.3 Å². The van der Waals surface area contributed by atoms with Gasteiger partial charge in [-0.15, -0.1) is 0 Å². The number of anilines is 1. The molecule has 0 radical (unpaired) electrons. The molecule has 0 saturated heterocycles. The van der Waals surface area contributed by atoms with Gasteiger partial charge in [0.25, 0.3) is 11.8 Å². The second kappa shape index (κ2) is 10.5. The molecule has 0 aromatic heterocycles. The van der Waals surface area contributed by atoms with Gasteiger partial charge in [-0.2, -0.15) is 0 Å². The Morgan fingerprint density at radius 3 is 2.00 bits per heavy atom. The molecule has 8 heteroatoms. The lowest BCUT2D eigenvalue weighted by molar-refractivity contribution is -0.134. The molecule has 148 valence electrons. The number of hydroxylamine groups is 1. The number of carbonyl (C=O) groups excluding carboxylic acids is 2. The number of nitrogen functional groups attached to an aromatic ring is 1. The summed E-state index contributed by atoms with van der Waals surface area (Å²) in [6, 6.07) is 11.4. The van der Waals surface area contributed by atoms with Crippen molar-refractivity contribution in [2.45, 2.75) is 12.1 Å². The number of benzene rings is 2. The maximum absolute atomic E-state index is 12.6. The van der Waals surface area contributed by atoms with Crippen LogP contribution in [0.4, 0.5) is 10.1 Å². The number of hydrogen-bond acceptors (Lipinski definition) is 5. The second-order valence-electron chi connectivity index (χ2n) is 5.85. The number of carbonyl (C=O) groups is 2. The molecule has 7 nitrogen and oxygen atoms in total. The first-order valence-corrected chi connectivity index (χ1v) is 8.41. The van der Waals surface area contributed by atoms with Crippen LogP contribution in [-0.2, 0) is 4.79 Å². The third-order valence-corrected chi connectivity index (χ3v) is 3.76. The van der Waals surface area contributed by atoms with E-state index in [4.69, 9.17) is 10.9 Å². The Morgan fingerprint density at radius 1 is 1.00 bits per heavy atom. The highest BCUT2D eigenvalue weighted by molar-refractivity contribution is 5.97. The van der Waals surface area contributed by atoms with E-state index in [-0.39, 0.29) is 5.56 Å².